The first-order chi connectivity index (χ1) is 6.79. The lowest BCUT2D eigenvalue weighted by molar-refractivity contribution is 1.08. The summed E-state index contributed by atoms with van der Waals surface area (Å²) in [5, 5.41) is 2.00. The topological polar surface area (TPSA) is 71.8 Å². The zero-order chi connectivity index (χ0) is 9.97. The molecule has 0 aliphatic heterocycles. The summed E-state index contributed by atoms with van der Waals surface area (Å²) in [6, 6.07) is 2.00. The van der Waals surface area contributed by atoms with Gasteiger partial charge in [-0.2, -0.15) is 0 Å². The van der Waals surface area contributed by atoms with Gasteiger partial charge in [-0.15, -0.1) is 11.3 Å². The van der Waals surface area contributed by atoms with Crippen LogP contribution in [0, 0.1) is 0 Å². The van der Waals surface area contributed by atoms with E-state index in [9.17, 15) is 4.79 Å². The molecule has 0 spiro atoms. The second kappa shape index (κ2) is 3.73. The maximum atomic E-state index is 10.7. The van der Waals surface area contributed by atoms with Crippen LogP contribution < -0.4 is 11.4 Å². The normalized spacial score (nSPS) is 10.4. The van der Waals surface area contributed by atoms with Gasteiger partial charge < -0.3 is 10.7 Å². The monoisotopic (exact) mass is 207 g/mol. The summed E-state index contributed by atoms with van der Waals surface area (Å²) in [4.78, 5) is 18.0. The maximum Gasteiger partial charge on any atom is 0.344 e. The van der Waals surface area contributed by atoms with Crippen molar-refractivity contribution < 1.29 is 0 Å². The highest BCUT2D eigenvalue weighted by atomic mass is 32.1. The van der Waals surface area contributed by atoms with Gasteiger partial charge in [-0.1, -0.05) is 0 Å². The largest absolute Gasteiger partial charge is 0.344 e. The number of H-pyrrole nitrogens is 1. The molecule has 0 amide bonds. The van der Waals surface area contributed by atoms with E-state index in [0.717, 1.165) is 16.0 Å². The van der Waals surface area contributed by atoms with Crippen molar-refractivity contribution in [2.45, 2.75) is 6.54 Å². The Bertz CT molecular complexity index is 468. The zero-order valence-electron chi connectivity index (χ0n) is 7.36. The number of hydrogen-bond donors (Lipinski definition) is 2. The fraction of sp³-hybridized carbons (Fsp3) is 0.111. The van der Waals surface area contributed by atoms with Crippen LogP contribution in [0.1, 0.15) is 4.88 Å². The molecule has 0 saturated heterocycles. The van der Waals surface area contributed by atoms with Crippen LogP contribution >= 0.6 is 11.3 Å². The molecule has 0 fully saturated rings. The molecule has 0 aliphatic rings. The highest BCUT2D eigenvalue weighted by molar-refractivity contribution is 7.10. The lowest BCUT2D eigenvalue weighted by Crippen LogP contribution is -2.07. The van der Waals surface area contributed by atoms with Crippen LogP contribution in [0.25, 0.3) is 11.1 Å². The smallest absolute Gasteiger partial charge is 0.326 e. The molecule has 72 valence electrons. The number of nitrogens with one attached hydrogen (secondary N) is 1. The number of aromatic amines is 1. The quantitative estimate of drug-likeness (QED) is 0.770. The Morgan fingerprint density at radius 3 is 2.93 bits per heavy atom. The minimum atomic E-state index is -0.331. The van der Waals surface area contributed by atoms with E-state index in [1.54, 1.807) is 23.7 Å². The van der Waals surface area contributed by atoms with E-state index < -0.39 is 0 Å². The zero-order valence-corrected chi connectivity index (χ0v) is 8.17. The first-order valence-electron chi connectivity index (χ1n) is 4.12. The molecule has 0 saturated carbocycles. The number of hydrogen-bond acceptors (Lipinski definition) is 4. The Kier molecular flexibility index (Phi) is 2.43. The molecule has 2 aromatic heterocycles. The number of nitrogens with zero attached hydrogens (tertiary/aromatic N) is 1. The van der Waals surface area contributed by atoms with Gasteiger partial charge in [0, 0.05) is 29.4 Å². The molecule has 3 N–H and O–H groups in total. The summed E-state index contributed by atoms with van der Waals surface area (Å²) < 4.78 is 0. The van der Waals surface area contributed by atoms with Gasteiger partial charge in [0.2, 0.25) is 0 Å². The number of rotatable bonds is 2. The minimum Gasteiger partial charge on any atom is -0.326 e. The van der Waals surface area contributed by atoms with E-state index in [4.69, 9.17) is 5.73 Å². The maximum absolute atomic E-state index is 10.7. The second-order valence-electron chi connectivity index (χ2n) is 2.81. The van der Waals surface area contributed by atoms with Crippen LogP contribution in [0.15, 0.2) is 28.6 Å². The molecule has 0 radical (unpaired) electrons. The average molecular weight is 207 g/mol. The van der Waals surface area contributed by atoms with Crippen molar-refractivity contribution in [2.24, 2.45) is 5.73 Å². The van der Waals surface area contributed by atoms with Gasteiger partial charge in [0.15, 0.2) is 0 Å². The van der Waals surface area contributed by atoms with E-state index in [1.807, 2.05) is 11.4 Å². The number of aromatic nitrogens is 2. The highest BCUT2D eigenvalue weighted by Crippen LogP contribution is 2.23. The summed E-state index contributed by atoms with van der Waals surface area (Å²) in [5.74, 6) is 0. The average Bonchev–Trinajstić information content (AvgIpc) is 2.67. The van der Waals surface area contributed by atoms with Crippen LogP contribution in [-0.4, -0.2) is 9.97 Å². The van der Waals surface area contributed by atoms with Gasteiger partial charge >= 0.3 is 5.69 Å². The molecule has 5 heteroatoms. The predicted octanol–water partition coefficient (Wildman–Crippen LogP) is 0.957. The van der Waals surface area contributed by atoms with Gasteiger partial charge in [0.05, 0.1) is 0 Å². The van der Waals surface area contributed by atoms with E-state index in [0.29, 0.717) is 6.54 Å². The molecule has 2 heterocycles. The van der Waals surface area contributed by atoms with E-state index in [2.05, 4.69) is 9.97 Å². The first kappa shape index (κ1) is 9.11. The van der Waals surface area contributed by atoms with Crippen molar-refractivity contribution in [2.75, 3.05) is 0 Å². The van der Waals surface area contributed by atoms with Crippen molar-refractivity contribution >= 4 is 11.3 Å². The molecule has 14 heavy (non-hydrogen) atoms. The molecule has 0 bridgehead atoms. The fourth-order valence-electron chi connectivity index (χ4n) is 1.14. The van der Waals surface area contributed by atoms with Crippen LogP contribution in [0.3, 0.4) is 0 Å². The van der Waals surface area contributed by atoms with Gasteiger partial charge in [0.1, 0.15) is 0 Å². The third kappa shape index (κ3) is 1.73. The Labute approximate surface area is 84.4 Å². The molecule has 4 nitrogen and oxygen atoms in total. The molecule has 2 rings (SSSR count). The third-order valence-corrected chi connectivity index (χ3v) is 2.82. The molecule has 0 atom stereocenters. The summed E-state index contributed by atoms with van der Waals surface area (Å²) in [6.45, 7) is 0.543. The molecular weight excluding hydrogens is 198 g/mol. The SMILES string of the molecule is NCc1cc(-c2cnc(=O)[nH]c2)cs1. The second-order valence-corrected chi connectivity index (χ2v) is 3.81. The molecule has 0 aliphatic carbocycles. The predicted molar refractivity (Wildman–Crippen MR) is 56.1 cm³/mol. The van der Waals surface area contributed by atoms with Crippen LogP contribution in [0.4, 0.5) is 0 Å². The third-order valence-electron chi connectivity index (χ3n) is 1.86. The van der Waals surface area contributed by atoms with E-state index in [-0.39, 0.29) is 5.69 Å². The summed E-state index contributed by atoms with van der Waals surface area (Å²) in [6.07, 6.45) is 3.21. The summed E-state index contributed by atoms with van der Waals surface area (Å²) in [5.41, 5.74) is 7.12. The van der Waals surface area contributed by atoms with Gasteiger partial charge in [0.25, 0.3) is 0 Å². The van der Waals surface area contributed by atoms with Crippen molar-refractivity contribution in [1.29, 1.82) is 0 Å². The minimum absolute atomic E-state index is 0.331. The van der Waals surface area contributed by atoms with Gasteiger partial charge in [-0.3, -0.25) is 0 Å². The van der Waals surface area contributed by atoms with Gasteiger partial charge in [-0.25, -0.2) is 9.78 Å². The van der Waals surface area contributed by atoms with Crippen LogP contribution in [0.5, 0.6) is 0 Å². The van der Waals surface area contributed by atoms with Gasteiger partial charge in [-0.05, 0) is 17.0 Å². The first-order valence-corrected chi connectivity index (χ1v) is 5.00. The number of nitrogens with two attached hydrogens (primary N) is 1. The Hall–Kier alpha value is -1.46. The van der Waals surface area contributed by atoms with Crippen LogP contribution in [0.2, 0.25) is 0 Å². The lowest BCUT2D eigenvalue weighted by atomic mass is 10.2. The summed E-state index contributed by atoms with van der Waals surface area (Å²) in [7, 11) is 0. The molecule has 0 unspecified atom stereocenters. The Morgan fingerprint density at radius 1 is 1.50 bits per heavy atom. The van der Waals surface area contributed by atoms with Crippen molar-refractivity contribution in [3.63, 3.8) is 0 Å². The summed E-state index contributed by atoms with van der Waals surface area (Å²) >= 11 is 1.60. The van der Waals surface area contributed by atoms with Crippen molar-refractivity contribution in [3.8, 4) is 11.1 Å². The van der Waals surface area contributed by atoms with E-state index in [1.165, 1.54) is 0 Å². The van der Waals surface area contributed by atoms with Crippen LogP contribution in [-0.2, 0) is 6.54 Å². The van der Waals surface area contributed by atoms with Crippen molar-refractivity contribution in [3.05, 3.63) is 39.2 Å². The Morgan fingerprint density at radius 2 is 2.36 bits per heavy atom. The highest BCUT2D eigenvalue weighted by Gasteiger charge is 2.01. The molecule has 2 aromatic rings. The molecule has 0 aromatic carbocycles. The number of thiophene rings is 1. The van der Waals surface area contributed by atoms with Crippen molar-refractivity contribution in [1.82, 2.24) is 9.97 Å². The lowest BCUT2D eigenvalue weighted by Gasteiger charge is -1.93. The fourth-order valence-corrected chi connectivity index (χ4v) is 1.91. The Balaban J connectivity index is 2.39. The van der Waals surface area contributed by atoms with E-state index >= 15 is 0 Å². The molecular formula is C9H9N3OS. The standard InChI is InChI=1S/C9H9N3OS/c10-2-8-1-6(5-14-8)7-3-11-9(13)12-4-7/h1,3-5H,2,10H2,(H,11,12,13).